The van der Waals surface area contributed by atoms with Crippen LogP contribution in [-0.4, -0.2) is 29.6 Å². The van der Waals surface area contributed by atoms with Crippen molar-refractivity contribution < 1.29 is 0 Å². The number of rotatable bonds is 1. The molecule has 0 amide bonds. The Balaban J connectivity index is 2.51. The highest BCUT2D eigenvalue weighted by Gasteiger charge is 2.25. The molecule has 0 spiro atoms. The number of hydrogen-bond donors (Lipinski definition) is 1. The average Bonchev–Trinajstić information content (AvgIpc) is 2.03. The average molecular weight is 166 g/mol. The third-order valence-corrected chi connectivity index (χ3v) is 2.71. The van der Waals surface area contributed by atoms with Crippen LogP contribution in [0.3, 0.4) is 0 Å². The van der Waals surface area contributed by atoms with E-state index in [1.807, 2.05) is 0 Å². The van der Waals surface area contributed by atoms with Crippen molar-refractivity contribution in [2.24, 2.45) is 5.73 Å². The third kappa shape index (κ3) is 2.00. The van der Waals surface area contributed by atoms with Crippen LogP contribution in [0.2, 0.25) is 0 Å². The number of likely N-dealkylation sites (tertiary alicyclic amines) is 1. The van der Waals surface area contributed by atoms with Crippen LogP contribution in [0.5, 0.6) is 0 Å². The minimum Gasteiger partial charge on any atom is -0.328 e. The first-order valence-electron chi connectivity index (χ1n) is 4.62. The van der Waals surface area contributed by atoms with Gasteiger partial charge in [-0.3, -0.25) is 4.90 Å². The second-order valence-electron chi connectivity index (χ2n) is 3.71. The highest BCUT2D eigenvalue weighted by molar-refractivity contribution is 5.00. The van der Waals surface area contributed by atoms with Crippen LogP contribution in [0, 0.1) is 12.3 Å². The maximum Gasteiger partial charge on any atom is 0.0685 e. The van der Waals surface area contributed by atoms with Gasteiger partial charge in [0.05, 0.1) is 6.04 Å². The van der Waals surface area contributed by atoms with E-state index < -0.39 is 0 Å². The molecule has 2 N–H and O–H groups in total. The predicted octanol–water partition coefficient (Wildman–Crippen LogP) is 0.820. The monoisotopic (exact) mass is 166 g/mol. The van der Waals surface area contributed by atoms with Crippen molar-refractivity contribution in [1.29, 1.82) is 0 Å². The highest BCUT2D eigenvalue weighted by atomic mass is 15.2. The molecular formula is C10H18N2. The molecule has 1 heterocycles. The summed E-state index contributed by atoms with van der Waals surface area (Å²) in [7, 11) is 0. The van der Waals surface area contributed by atoms with Gasteiger partial charge in [0.2, 0.25) is 0 Å². The standard InChI is InChI=1S/C10H18N2/c1-4-8(2)12-6-5-10(11)7-9(12)3/h1,8-10H,5-7,11H2,2-3H3. The summed E-state index contributed by atoms with van der Waals surface area (Å²) in [5, 5.41) is 0. The van der Waals surface area contributed by atoms with Crippen molar-refractivity contribution in [3.05, 3.63) is 0 Å². The fourth-order valence-corrected chi connectivity index (χ4v) is 1.90. The van der Waals surface area contributed by atoms with Crippen LogP contribution in [0.25, 0.3) is 0 Å². The molecule has 1 fully saturated rings. The van der Waals surface area contributed by atoms with E-state index in [-0.39, 0.29) is 6.04 Å². The van der Waals surface area contributed by atoms with Crippen molar-refractivity contribution in [3.63, 3.8) is 0 Å². The molecular weight excluding hydrogens is 148 g/mol. The Labute approximate surface area is 75.1 Å². The highest BCUT2D eigenvalue weighted by Crippen LogP contribution is 2.17. The lowest BCUT2D eigenvalue weighted by atomic mass is 9.98. The smallest absolute Gasteiger partial charge is 0.0685 e. The SMILES string of the molecule is C#CC(C)N1CCC(N)CC1C. The number of nitrogens with two attached hydrogens (primary N) is 1. The lowest BCUT2D eigenvalue weighted by Crippen LogP contribution is -2.48. The van der Waals surface area contributed by atoms with E-state index in [0.29, 0.717) is 12.1 Å². The summed E-state index contributed by atoms with van der Waals surface area (Å²) >= 11 is 0. The summed E-state index contributed by atoms with van der Waals surface area (Å²) in [5.74, 6) is 2.76. The van der Waals surface area contributed by atoms with Crippen LogP contribution in [0.1, 0.15) is 26.7 Å². The van der Waals surface area contributed by atoms with Gasteiger partial charge in [0.1, 0.15) is 0 Å². The first-order chi connectivity index (χ1) is 5.65. The van der Waals surface area contributed by atoms with Crippen molar-refractivity contribution in [3.8, 4) is 12.3 Å². The molecule has 0 saturated carbocycles. The van der Waals surface area contributed by atoms with E-state index in [4.69, 9.17) is 12.2 Å². The van der Waals surface area contributed by atoms with Gasteiger partial charge in [-0.2, -0.15) is 0 Å². The summed E-state index contributed by atoms with van der Waals surface area (Å²) in [6.45, 7) is 5.33. The van der Waals surface area contributed by atoms with Gasteiger partial charge in [-0.15, -0.1) is 6.42 Å². The molecule has 0 radical (unpaired) electrons. The van der Waals surface area contributed by atoms with Crippen molar-refractivity contribution in [2.75, 3.05) is 6.54 Å². The fraction of sp³-hybridized carbons (Fsp3) is 0.800. The van der Waals surface area contributed by atoms with Crippen LogP contribution in [-0.2, 0) is 0 Å². The zero-order valence-electron chi connectivity index (χ0n) is 7.96. The summed E-state index contributed by atoms with van der Waals surface area (Å²) in [6, 6.07) is 1.17. The molecule has 3 atom stereocenters. The van der Waals surface area contributed by atoms with Crippen LogP contribution in [0.15, 0.2) is 0 Å². The second kappa shape index (κ2) is 3.93. The number of hydrogen-bond acceptors (Lipinski definition) is 2. The minimum atomic E-state index is 0.257. The fourth-order valence-electron chi connectivity index (χ4n) is 1.90. The lowest BCUT2D eigenvalue weighted by Gasteiger charge is -2.38. The first kappa shape index (κ1) is 9.57. The maximum atomic E-state index is 5.85. The van der Waals surface area contributed by atoms with Crippen LogP contribution < -0.4 is 5.73 Å². The Morgan fingerprint density at radius 2 is 2.33 bits per heavy atom. The second-order valence-corrected chi connectivity index (χ2v) is 3.71. The van der Waals surface area contributed by atoms with Gasteiger partial charge in [-0.1, -0.05) is 5.92 Å². The molecule has 1 aliphatic rings. The molecule has 3 unspecified atom stereocenters. The summed E-state index contributed by atoms with van der Waals surface area (Å²) in [5.41, 5.74) is 5.85. The van der Waals surface area contributed by atoms with Crippen molar-refractivity contribution >= 4 is 0 Å². The molecule has 68 valence electrons. The van der Waals surface area contributed by atoms with Gasteiger partial charge in [-0.25, -0.2) is 0 Å². The van der Waals surface area contributed by atoms with Gasteiger partial charge in [0, 0.05) is 18.6 Å². The quantitative estimate of drug-likeness (QED) is 0.584. The Kier molecular flexibility index (Phi) is 3.13. The molecule has 0 bridgehead atoms. The molecule has 0 aromatic heterocycles. The third-order valence-electron chi connectivity index (χ3n) is 2.71. The van der Waals surface area contributed by atoms with Gasteiger partial charge in [-0.05, 0) is 26.7 Å². The summed E-state index contributed by atoms with van der Waals surface area (Å²) in [6.07, 6.45) is 7.53. The molecule has 1 rings (SSSR count). The van der Waals surface area contributed by atoms with Crippen molar-refractivity contribution in [1.82, 2.24) is 4.90 Å². The van der Waals surface area contributed by atoms with E-state index in [9.17, 15) is 0 Å². The van der Waals surface area contributed by atoms with E-state index in [1.54, 1.807) is 0 Å². The molecule has 12 heavy (non-hydrogen) atoms. The van der Waals surface area contributed by atoms with Crippen LogP contribution in [0.4, 0.5) is 0 Å². The maximum absolute atomic E-state index is 5.85. The van der Waals surface area contributed by atoms with Crippen LogP contribution >= 0.6 is 0 Å². The predicted molar refractivity (Wildman–Crippen MR) is 51.7 cm³/mol. The van der Waals surface area contributed by atoms with Crippen molar-refractivity contribution in [2.45, 2.75) is 44.8 Å². The topological polar surface area (TPSA) is 29.3 Å². The molecule has 2 nitrogen and oxygen atoms in total. The normalized spacial score (nSPS) is 34.2. The molecule has 0 aliphatic carbocycles. The largest absolute Gasteiger partial charge is 0.328 e. The van der Waals surface area contributed by atoms with Gasteiger partial charge in [0.25, 0.3) is 0 Å². The number of nitrogens with zero attached hydrogens (tertiary/aromatic N) is 1. The number of terminal acetylenes is 1. The Hall–Kier alpha value is -0.520. The zero-order valence-corrected chi connectivity index (χ0v) is 7.96. The first-order valence-corrected chi connectivity index (χ1v) is 4.62. The van der Waals surface area contributed by atoms with Gasteiger partial charge >= 0.3 is 0 Å². The number of piperidine rings is 1. The molecule has 1 aliphatic heterocycles. The lowest BCUT2D eigenvalue weighted by molar-refractivity contribution is 0.129. The van der Waals surface area contributed by atoms with E-state index >= 15 is 0 Å². The molecule has 0 aromatic carbocycles. The molecule has 1 saturated heterocycles. The zero-order chi connectivity index (χ0) is 9.14. The Bertz CT molecular complexity index is 183. The molecule has 0 aromatic rings. The summed E-state index contributed by atoms with van der Waals surface area (Å²) in [4.78, 5) is 2.35. The van der Waals surface area contributed by atoms with E-state index in [2.05, 4.69) is 24.7 Å². The van der Waals surface area contributed by atoms with E-state index in [1.165, 1.54) is 0 Å². The van der Waals surface area contributed by atoms with E-state index in [0.717, 1.165) is 19.4 Å². The Morgan fingerprint density at radius 3 is 2.83 bits per heavy atom. The minimum absolute atomic E-state index is 0.257. The molecule has 2 heteroatoms. The Morgan fingerprint density at radius 1 is 1.67 bits per heavy atom. The van der Waals surface area contributed by atoms with Gasteiger partial charge < -0.3 is 5.73 Å². The summed E-state index contributed by atoms with van der Waals surface area (Å²) < 4.78 is 0. The van der Waals surface area contributed by atoms with Gasteiger partial charge in [0.15, 0.2) is 0 Å².